The van der Waals surface area contributed by atoms with Crippen LogP contribution in [0.3, 0.4) is 0 Å². The average Bonchev–Trinajstić information content (AvgIpc) is 3.45. The van der Waals surface area contributed by atoms with Gasteiger partial charge in [-0.1, -0.05) is 17.7 Å². The number of anilines is 2. The number of carbonyl (C=O) groups is 2. The van der Waals surface area contributed by atoms with Gasteiger partial charge in [0, 0.05) is 29.8 Å². The molecular formula is C26H20ClF3N8O2. The summed E-state index contributed by atoms with van der Waals surface area (Å²) in [6, 6.07) is 1.68. The smallest absolute Gasteiger partial charge is 0.275 e. The molecular weight excluding hydrogens is 549 g/mol. The maximum atomic E-state index is 14.7. The molecule has 4 heterocycles. The lowest BCUT2D eigenvalue weighted by Gasteiger charge is -2.17. The lowest BCUT2D eigenvalue weighted by Crippen LogP contribution is -2.29. The van der Waals surface area contributed by atoms with Crippen LogP contribution in [0, 0.1) is 17.7 Å². The minimum absolute atomic E-state index is 0.0925. The van der Waals surface area contributed by atoms with E-state index < -0.39 is 29.3 Å². The summed E-state index contributed by atoms with van der Waals surface area (Å²) in [6.45, 7) is 2.51. The highest BCUT2D eigenvalue weighted by atomic mass is 35.5. The molecule has 2 fully saturated rings. The van der Waals surface area contributed by atoms with E-state index in [4.69, 9.17) is 11.6 Å². The van der Waals surface area contributed by atoms with E-state index in [1.165, 1.54) is 6.20 Å². The number of fused-ring (bicyclic) bond motifs is 1. The van der Waals surface area contributed by atoms with Gasteiger partial charge < -0.3 is 5.32 Å². The zero-order valence-electron chi connectivity index (χ0n) is 20.8. The zero-order chi connectivity index (χ0) is 28.1. The molecule has 3 aromatic heterocycles. The van der Waals surface area contributed by atoms with Crippen LogP contribution in [0.25, 0.3) is 11.3 Å². The number of benzene rings is 1. The highest BCUT2D eigenvalue weighted by Gasteiger charge is 2.52. The first-order chi connectivity index (χ1) is 19.2. The zero-order valence-corrected chi connectivity index (χ0v) is 21.6. The van der Waals surface area contributed by atoms with Crippen LogP contribution in [0.15, 0.2) is 49.3 Å². The van der Waals surface area contributed by atoms with E-state index in [1.807, 2.05) is 6.92 Å². The standard InChI is InChI=1S/C26H20ClF3N8O2/c1-12(18-8-33-21(9-32-18)37-10-13-4-16(13)26(37)40)38-11-14(5-34-38)35-25(39)20-7-31-6-19(36-20)22-15(24(29)30)2-3-17(27)23(22)28/h2-3,5-9,11-13,16,24H,4,10H2,1H3,(H,35,39)/t12?,13-,16-/m1/s1. The third-order valence-electron chi connectivity index (χ3n) is 7.03. The lowest BCUT2D eigenvalue weighted by molar-refractivity contribution is -0.118. The van der Waals surface area contributed by atoms with Crippen molar-refractivity contribution in [1.82, 2.24) is 29.7 Å². The van der Waals surface area contributed by atoms with Crippen molar-refractivity contribution in [3.05, 3.63) is 77.1 Å². The normalized spacial score (nSPS) is 18.6. The Morgan fingerprint density at radius 3 is 2.67 bits per heavy atom. The van der Waals surface area contributed by atoms with Crippen LogP contribution in [0.4, 0.5) is 24.7 Å². The van der Waals surface area contributed by atoms with Gasteiger partial charge in [0.2, 0.25) is 5.91 Å². The van der Waals surface area contributed by atoms with Crippen molar-refractivity contribution in [2.24, 2.45) is 11.8 Å². The Balaban J connectivity index is 1.16. The molecule has 1 aliphatic carbocycles. The van der Waals surface area contributed by atoms with Crippen molar-refractivity contribution in [1.29, 1.82) is 0 Å². The first-order valence-corrected chi connectivity index (χ1v) is 12.7. The lowest BCUT2D eigenvalue weighted by atomic mass is 10.0. The number of alkyl halides is 2. The van der Waals surface area contributed by atoms with Crippen LogP contribution < -0.4 is 10.2 Å². The number of halogens is 4. The van der Waals surface area contributed by atoms with E-state index in [2.05, 4.69) is 30.4 Å². The van der Waals surface area contributed by atoms with E-state index >= 15 is 0 Å². The highest BCUT2D eigenvalue weighted by molar-refractivity contribution is 6.31. The minimum Gasteiger partial charge on any atom is -0.318 e. The molecule has 40 heavy (non-hydrogen) atoms. The van der Waals surface area contributed by atoms with Gasteiger partial charge in [-0.05, 0) is 25.3 Å². The number of aromatic nitrogens is 6. The summed E-state index contributed by atoms with van der Waals surface area (Å²) >= 11 is 5.79. The number of rotatable bonds is 7. The van der Waals surface area contributed by atoms with Gasteiger partial charge in [0.25, 0.3) is 12.3 Å². The highest BCUT2D eigenvalue weighted by Crippen LogP contribution is 2.46. The van der Waals surface area contributed by atoms with Gasteiger partial charge in [0.15, 0.2) is 11.6 Å². The van der Waals surface area contributed by atoms with Gasteiger partial charge in [-0.2, -0.15) is 5.10 Å². The summed E-state index contributed by atoms with van der Waals surface area (Å²) in [5.41, 5.74) is -0.722. The first kappa shape index (κ1) is 25.9. The van der Waals surface area contributed by atoms with E-state index in [0.717, 1.165) is 30.9 Å². The summed E-state index contributed by atoms with van der Waals surface area (Å²) in [6.07, 6.45) is 6.28. The molecule has 4 aromatic rings. The second kappa shape index (κ2) is 9.97. The molecule has 6 rings (SSSR count). The van der Waals surface area contributed by atoms with Gasteiger partial charge in [0.05, 0.1) is 59.1 Å². The Labute approximate surface area is 230 Å². The Morgan fingerprint density at radius 2 is 1.98 bits per heavy atom. The molecule has 14 heteroatoms. The second-order valence-electron chi connectivity index (χ2n) is 9.61. The van der Waals surface area contributed by atoms with Crippen molar-refractivity contribution in [3.8, 4) is 11.3 Å². The maximum absolute atomic E-state index is 14.7. The molecule has 204 valence electrons. The molecule has 0 spiro atoms. The Hall–Kier alpha value is -4.39. The van der Waals surface area contributed by atoms with Crippen LogP contribution in [0.2, 0.25) is 5.02 Å². The predicted octanol–water partition coefficient (Wildman–Crippen LogP) is 4.70. The number of hydrogen-bond acceptors (Lipinski definition) is 7. The van der Waals surface area contributed by atoms with Gasteiger partial charge in [-0.25, -0.2) is 23.1 Å². The fraction of sp³-hybridized carbons (Fsp3) is 0.269. The fourth-order valence-corrected chi connectivity index (χ4v) is 4.88. The summed E-state index contributed by atoms with van der Waals surface area (Å²) in [4.78, 5) is 43.6. The number of carbonyl (C=O) groups excluding carboxylic acids is 2. The predicted molar refractivity (Wildman–Crippen MR) is 137 cm³/mol. The quantitative estimate of drug-likeness (QED) is 0.343. The molecule has 2 amide bonds. The Bertz CT molecular complexity index is 1630. The Kier molecular flexibility index (Phi) is 6.45. The van der Waals surface area contributed by atoms with Crippen molar-refractivity contribution in [2.75, 3.05) is 16.8 Å². The topological polar surface area (TPSA) is 119 Å². The van der Waals surface area contributed by atoms with Crippen molar-refractivity contribution in [3.63, 3.8) is 0 Å². The monoisotopic (exact) mass is 568 g/mol. The number of nitrogens with zero attached hydrogens (tertiary/aromatic N) is 7. The molecule has 10 nitrogen and oxygen atoms in total. The van der Waals surface area contributed by atoms with E-state index in [1.54, 1.807) is 28.2 Å². The van der Waals surface area contributed by atoms with Gasteiger partial charge in [-0.15, -0.1) is 0 Å². The van der Waals surface area contributed by atoms with Crippen LogP contribution >= 0.6 is 11.6 Å². The number of piperidine rings is 1. The van der Waals surface area contributed by atoms with Crippen molar-refractivity contribution < 1.29 is 22.8 Å². The van der Waals surface area contributed by atoms with Crippen LogP contribution in [-0.4, -0.2) is 48.1 Å². The maximum Gasteiger partial charge on any atom is 0.275 e. The molecule has 3 atom stereocenters. The third-order valence-corrected chi connectivity index (χ3v) is 7.32. The van der Waals surface area contributed by atoms with Gasteiger partial charge in [-0.3, -0.25) is 29.1 Å². The molecule has 1 aliphatic heterocycles. The van der Waals surface area contributed by atoms with Crippen LogP contribution in [0.1, 0.15) is 47.6 Å². The summed E-state index contributed by atoms with van der Waals surface area (Å²) in [5, 5.41) is 6.52. The fourth-order valence-electron chi connectivity index (χ4n) is 4.72. The molecule has 1 saturated carbocycles. The van der Waals surface area contributed by atoms with E-state index in [9.17, 15) is 22.8 Å². The molecule has 1 unspecified atom stereocenters. The van der Waals surface area contributed by atoms with E-state index in [-0.39, 0.29) is 34.3 Å². The van der Waals surface area contributed by atoms with Gasteiger partial charge in [0.1, 0.15) is 5.69 Å². The van der Waals surface area contributed by atoms with Crippen molar-refractivity contribution >= 4 is 34.9 Å². The van der Waals surface area contributed by atoms with Crippen LogP contribution in [0.5, 0.6) is 0 Å². The minimum atomic E-state index is -3.00. The third kappa shape index (κ3) is 4.66. The number of amides is 2. The molecule has 2 aliphatic rings. The SMILES string of the molecule is CC(c1cnc(N2C[C@H]3C[C@H]3C2=O)cn1)n1cc(NC(=O)c2cncc(-c3c(C(F)F)ccc(Cl)c3F)n2)cn1. The molecule has 1 N–H and O–H groups in total. The number of nitrogens with one attached hydrogen (secondary N) is 1. The van der Waals surface area contributed by atoms with E-state index in [0.29, 0.717) is 29.7 Å². The number of hydrogen-bond donors (Lipinski definition) is 1. The molecule has 0 bridgehead atoms. The molecule has 0 radical (unpaired) electrons. The molecule has 1 aromatic carbocycles. The largest absolute Gasteiger partial charge is 0.318 e. The second-order valence-corrected chi connectivity index (χ2v) is 10.0. The Morgan fingerprint density at radius 1 is 1.15 bits per heavy atom. The summed E-state index contributed by atoms with van der Waals surface area (Å²) in [5.74, 6) is -0.633. The average molecular weight is 569 g/mol. The van der Waals surface area contributed by atoms with Crippen LogP contribution in [-0.2, 0) is 4.79 Å². The summed E-state index contributed by atoms with van der Waals surface area (Å²) in [7, 11) is 0. The molecule has 1 saturated heterocycles. The van der Waals surface area contributed by atoms with Crippen molar-refractivity contribution in [2.45, 2.75) is 25.8 Å². The first-order valence-electron chi connectivity index (χ1n) is 12.3. The van der Waals surface area contributed by atoms with Gasteiger partial charge >= 0.3 is 0 Å². The summed E-state index contributed by atoms with van der Waals surface area (Å²) < 4.78 is 43.3.